The Morgan fingerprint density at radius 1 is 1.56 bits per heavy atom. The van der Waals surface area contributed by atoms with Gasteiger partial charge in [0.05, 0.1) is 0 Å². The van der Waals surface area contributed by atoms with E-state index in [2.05, 4.69) is 23.7 Å². The highest BCUT2D eigenvalue weighted by atomic mass is 32.2. The van der Waals surface area contributed by atoms with Crippen molar-refractivity contribution in [1.82, 2.24) is 5.32 Å². The molecular formula is C13H19NO2S2. The molecule has 1 unspecified atom stereocenters. The van der Waals surface area contributed by atoms with Gasteiger partial charge in [-0.2, -0.15) is 23.1 Å². The average molecular weight is 285 g/mol. The van der Waals surface area contributed by atoms with Crippen molar-refractivity contribution in [3.05, 3.63) is 22.4 Å². The summed E-state index contributed by atoms with van der Waals surface area (Å²) in [7, 11) is 0. The predicted molar refractivity (Wildman–Crippen MR) is 77.3 cm³/mol. The molecule has 2 N–H and O–H groups in total. The first-order chi connectivity index (χ1) is 8.62. The minimum atomic E-state index is -1.14. The molecule has 0 spiro atoms. The Morgan fingerprint density at radius 3 is 2.89 bits per heavy atom. The topological polar surface area (TPSA) is 49.3 Å². The van der Waals surface area contributed by atoms with Crippen LogP contribution >= 0.6 is 23.1 Å². The van der Waals surface area contributed by atoms with E-state index in [1.54, 1.807) is 23.1 Å². The molecule has 0 saturated carbocycles. The molecule has 1 aromatic rings. The number of thiophene rings is 1. The van der Waals surface area contributed by atoms with Crippen molar-refractivity contribution in [1.29, 1.82) is 0 Å². The highest BCUT2D eigenvalue weighted by molar-refractivity contribution is 7.99. The van der Waals surface area contributed by atoms with Crippen LogP contribution < -0.4 is 5.32 Å². The summed E-state index contributed by atoms with van der Waals surface area (Å²) in [5, 5.41) is 17.3. The first kappa shape index (κ1) is 13.9. The van der Waals surface area contributed by atoms with Crippen LogP contribution in [0.4, 0.5) is 0 Å². The molecule has 0 aliphatic carbocycles. The Hall–Kier alpha value is -0.520. The third-order valence-corrected chi connectivity index (χ3v) is 5.11. The van der Waals surface area contributed by atoms with E-state index in [-0.39, 0.29) is 5.91 Å². The molecule has 2 rings (SSSR count). The van der Waals surface area contributed by atoms with Crippen molar-refractivity contribution < 1.29 is 9.90 Å². The number of aliphatic hydroxyl groups is 1. The fraction of sp³-hybridized carbons (Fsp3) is 0.615. The quantitative estimate of drug-likeness (QED) is 0.892. The maximum absolute atomic E-state index is 12.0. The summed E-state index contributed by atoms with van der Waals surface area (Å²) in [6.07, 6.45) is 1.13. The van der Waals surface area contributed by atoms with Crippen molar-refractivity contribution >= 4 is 29.0 Å². The second-order valence-corrected chi connectivity index (χ2v) is 6.82. The molecule has 100 valence electrons. The Kier molecular flexibility index (Phi) is 4.70. The van der Waals surface area contributed by atoms with Gasteiger partial charge in [0.15, 0.2) is 0 Å². The fourth-order valence-electron chi connectivity index (χ4n) is 2.02. The molecule has 1 fully saturated rings. The monoisotopic (exact) mass is 285 g/mol. The SMILES string of the molecule is CC(CNC(=O)C1(O)CCSCC1)c1ccsc1. The molecule has 0 radical (unpaired) electrons. The number of carbonyl (C=O) groups excluding carboxylic acids is 1. The molecule has 2 heterocycles. The number of hydrogen-bond donors (Lipinski definition) is 2. The van der Waals surface area contributed by atoms with Crippen LogP contribution in [0.5, 0.6) is 0 Å². The normalized spacial score (nSPS) is 20.3. The van der Waals surface area contributed by atoms with E-state index in [9.17, 15) is 9.90 Å². The van der Waals surface area contributed by atoms with Crippen LogP contribution in [0.15, 0.2) is 16.8 Å². The highest BCUT2D eigenvalue weighted by Gasteiger charge is 2.37. The van der Waals surface area contributed by atoms with Crippen LogP contribution in [0.2, 0.25) is 0 Å². The van der Waals surface area contributed by atoms with E-state index in [1.807, 2.05) is 5.38 Å². The number of rotatable bonds is 4. The number of carbonyl (C=O) groups is 1. The van der Waals surface area contributed by atoms with Crippen LogP contribution in [-0.2, 0) is 4.79 Å². The maximum Gasteiger partial charge on any atom is 0.252 e. The molecule has 18 heavy (non-hydrogen) atoms. The van der Waals surface area contributed by atoms with Gasteiger partial charge in [-0.25, -0.2) is 0 Å². The average Bonchev–Trinajstić information content (AvgIpc) is 2.90. The third kappa shape index (κ3) is 3.28. The van der Waals surface area contributed by atoms with Gasteiger partial charge in [0.1, 0.15) is 5.60 Å². The smallest absolute Gasteiger partial charge is 0.252 e. The van der Waals surface area contributed by atoms with Gasteiger partial charge in [-0.3, -0.25) is 4.79 Å². The first-order valence-electron chi connectivity index (χ1n) is 6.22. The zero-order chi connectivity index (χ0) is 13.0. The summed E-state index contributed by atoms with van der Waals surface area (Å²) >= 11 is 3.46. The second kappa shape index (κ2) is 6.08. The van der Waals surface area contributed by atoms with Crippen molar-refractivity contribution in [2.75, 3.05) is 18.1 Å². The van der Waals surface area contributed by atoms with Gasteiger partial charge in [0, 0.05) is 6.54 Å². The minimum absolute atomic E-state index is 0.204. The van der Waals surface area contributed by atoms with Crippen molar-refractivity contribution in [2.24, 2.45) is 0 Å². The molecular weight excluding hydrogens is 266 g/mol. The van der Waals surface area contributed by atoms with Gasteiger partial charge < -0.3 is 10.4 Å². The molecule has 1 aliphatic rings. The highest BCUT2D eigenvalue weighted by Crippen LogP contribution is 2.27. The van der Waals surface area contributed by atoms with Gasteiger partial charge in [-0.05, 0) is 52.7 Å². The van der Waals surface area contributed by atoms with Crippen molar-refractivity contribution in [3.63, 3.8) is 0 Å². The fourth-order valence-corrected chi connectivity index (χ4v) is 3.97. The van der Waals surface area contributed by atoms with E-state index < -0.39 is 5.60 Å². The van der Waals surface area contributed by atoms with E-state index in [0.29, 0.717) is 25.3 Å². The molecule has 1 amide bonds. The summed E-state index contributed by atoms with van der Waals surface area (Å²) in [6, 6.07) is 2.08. The van der Waals surface area contributed by atoms with Gasteiger partial charge >= 0.3 is 0 Å². The minimum Gasteiger partial charge on any atom is -0.380 e. The van der Waals surface area contributed by atoms with Gasteiger partial charge in [0.25, 0.3) is 5.91 Å². The molecule has 1 aliphatic heterocycles. The first-order valence-corrected chi connectivity index (χ1v) is 8.32. The Morgan fingerprint density at radius 2 is 2.28 bits per heavy atom. The molecule has 1 aromatic heterocycles. The maximum atomic E-state index is 12.0. The zero-order valence-electron chi connectivity index (χ0n) is 10.5. The van der Waals surface area contributed by atoms with E-state index in [0.717, 1.165) is 11.5 Å². The summed E-state index contributed by atoms with van der Waals surface area (Å²) in [5.41, 5.74) is 0.103. The lowest BCUT2D eigenvalue weighted by molar-refractivity contribution is -0.140. The molecule has 0 bridgehead atoms. The summed E-state index contributed by atoms with van der Waals surface area (Å²) in [4.78, 5) is 12.0. The van der Waals surface area contributed by atoms with Crippen LogP contribution in [0.25, 0.3) is 0 Å². The van der Waals surface area contributed by atoms with Gasteiger partial charge in [0.2, 0.25) is 0 Å². The summed E-state index contributed by atoms with van der Waals surface area (Å²) in [6.45, 7) is 2.67. The lowest BCUT2D eigenvalue weighted by Gasteiger charge is -2.30. The molecule has 1 atom stereocenters. The van der Waals surface area contributed by atoms with Crippen LogP contribution in [0.1, 0.15) is 31.2 Å². The predicted octanol–water partition coefficient (Wildman–Crippen LogP) is 2.23. The van der Waals surface area contributed by atoms with Gasteiger partial charge in [-0.1, -0.05) is 6.92 Å². The van der Waals surface area contributed by atoms with Crippen LogP contribution in [-0.4, -0.2) is 34.7 Å². The van der Waals surface area contributed by atoms with E-state index >= 15 is 0 Å². The standard InChI is InChI=1S/C13H19NO2S2/c1-10(11-2-5-18-9-11)8-14-12(15)13(16)3-6-17-7-4-13/h2,5,9-10,16H,3-4,6-8H2,1H3,(H,14,15). The van der Waals surface area contributed by atoms with E-state index in [1.165, 1.54) is 5.56 Å². The lowest BCUT2D eigenvalue weighted by atomic mass is 9.95. The van der Waals surface area contributed by atoms with Crippen LogP contribution in [0, 0.1) is 0 Å². The van der Waals surface area contributed by atoms with Crippen molar-refractivity contribution in [2.45, 2.75) is 31.3 Å². The molecule has 3 nitrogen and oxygen atoms in total. The zero-order valence-corrected chi connectivity index (χ0v) is 12.1. The second-order valence-electron chi connectivity index (χ2n) is 4.81. The lowest BCUT2D eigenvalue weighted by Crippen LogP contribution is -2.49. The van der Waals surface area contributed by atoms with E-state index in [4.69, 9.17) is 0 Å². The number of thioether (sulfide) groups is 1. The molecule has 1 saturated heterocycles. The van der Waals surface area contributed by atoms with Crippen LogP contribution in [0.3, 0.4) is 0 Å². The molecule has 5 heteroatoms. The molecule has 0 aromatic carbocycles. The number of nitrogens with one attached hydrogen (secondary N) is 1. The van der Waals surface area contributed by atoms with Crippen molar-refractivity contribution in [3.8, 4) is 0 Å². The Labute approximate surface area is 116 Å². The number of amides is 1. The largest absolute Gasteiger partial charge is 0.380 e. The van der Waals surface area contributed by atoms with Gasteiger partial charge in [-0.15, -0.1) is 0 Å². The number of hydrogen-bond acceptors (Lipinski definition) is 4. The summed E-state index contributed by atoms with van der Waals surface area (Å²) in [5.74, 6) is 1.82. The summed E-state index contributed by atoms with van der Waals surface area (Å²) < 4.78 is 0. The third-order valence-electron chi connectivity index (χ3n) is 3.42. The Balaban J connectivity index is 1.84. The Bertz CT molecular complexity index is 386.